The average molecular weight is 505 g/mol. The molecule has 0 bridgehead atoms. The number of carbonyl (C=O) groups is 1. The van der Waals surface area contributed by atoms with Crippen molar-refractivity contribution in [1.29, 1.82) is 5.41 Å². The molecule has 0 spiro atoms. The van der Waals surface area contributed by atoms with E-state index in [9.17, 15) is 18.7 Å². The van der Waals surface area contributed by atoms with E-state index < -0.39 is 17.2 Å². The van der Waals surface area contributed by atoms with Crippen LogP contribution in [0.4, 0.5) is 20.2 Å². The van der Waals surface area contributed by atoms with Crippen molar-refractivity contribution in [2.24, 2.45) is 11.5 Å². The third-order valence-corrected chi connectivity index (χ3v) is 6.68. The van der Waals surface area contributed by atoms with Gasteiger partial charge in [0.2, 0.25) is 0 Å². The number of carbonyl (C=O) groups excluding carboxylic acids is 1. The van der Waals surface area contributed by atoms with Gasteiger partial charge in [-0.2, -0.15) is 8.78 Å². The van der Waals surface area contributed by atoms with Crippen LogP contribution < -0.4 is 27.4 Å². The van der Waals surface area contributed by atoms with E-state index in [1.807, 2.05) is 6.07 Å². The predicted octanol–water partition coefficient (Wildman–Crippen LogP) is 3.81. The first-order chi connectivity index (χ1) is 16.7. The monoisotopic (exact) mass is 504 g/mol. The zero-order chi connectivity index (χ0) is 25.4. The minimum absolute atomic E-state index is 0.0520. The summed E-state index contributed by atoms with van der Waals surface area (Å²) in [6, 6.07) is 13.3. The third kappa shape index (κ3) is 7.59. The summed E-state index contributed by atoms with van der Waals surface area (Å²) < 4.78 is 25.0. The molecule has 188 valence electrons. The van der Waals surface area contributed by atoms with Crippen LogP contribution in [0.3, 0.4) is 0 Å². The standard InChI is InChI=1S/C24H30F2N6O2S/c25-23(26)35-19-6-4-15(5-7-19)32-21(28)20(22(29)34)13-30-24(14-27)10-8-16(9-11-24)31-17-2-1-3-18(33)12-17/h1-7,12-13,16,23,30-31,33H,8-11,14,27H2,(H2,28,32)(H2,29,34)/b20-13+. The Balaban J connectivity index is 1.61. The lowest BCUT2D eigenvalue weighted by Crippen LogP contribution is -2.53. The maximum atomic E-state index is 12.5. The Morgan fingerprint density at radius 1 is 1.20 bits per heavy atom. The molecule has 9 N–H and O–H groups in total. The van der Waals surface area contributed by atoms with Crippen LogP contribution in [0.25, 0.3) is 0 Å². The number of primary amides is 1. The number of thioether (sulfide) groups is 1. The molecule has 0 radical (unpaired) electrons. The van der Waals surface area contributed by atoms with Gasteiger partial charge in [-0.25, -0.2) is 0 Å². The summed E-state index contributed by atoms with van der Waals surface area (Å²) in [5.41, 5.74) is 12.4. The Kier molecular flexibility index (Phi) is 8.94. The van der Waals surface area contributed by atoms with E-state index in [1.165, 1.54) is 18.3 Å². The molecule has 3 rings (SSSR count). The van der Waals surface area contributed by atoms with Crippen molar-refractivity contribution in [1.82, 2.24) is 5.32 Å². The molecule has 0 unspecified atom stereocenters. The van der Waals surface area contributed by atoms with Gasteiger partial charge in [0.05, 0.1) is 5.57 Å². The van der Waals surface area contributed by atoms with E-state index in [-0.39, 0.29) is 23.2 Å². The second kappa shape index (κ2) is 11.9. The Morgan fingerprint density at radius 2 is 1.89 bits per heavy atom. The van der Waals surface area contributed by atoms with Gasteiger partial charge in [-0.05, 0) is 62.1 Å². The van der Waals surface area contributed by atoms with E-state index in [0.29, 0.717) is 28.9 Å². The van der Waals surface area contributed by atoms with Crippen molar-refractivity contribution < 1.29 is 18.7 Å². The molecule has 1 aliphatic rings. The van der Waals surface area contributed by atoms with Gasteiger partial charge in [-0.1, -0.05) is 17.8 Å². The van der Waals surface area contributed by atoms with Gasteiger partial charge < -0.3 is 32.5 Å². The highest BCUT2D eigenvalue weighted by Gasteiger charge is 2.33. The van der Waals surface area contributed by atoms with Gasteiger partial charge >= 0.3 is 0 Å². The van der Waals surface area contributed by atoms with Crippen LogP contribution in [0, 0.1) is 5.41 Å². The van der Waals surface area contributed by atoms with Crippen molar-refractivity contribution in [3.8, 4) is 5.75 Å². The van der Waals surface area contributed by atoms with Crippen LogP contribution in [0.15, 0.2) is 65.2 Å². The molecule has 0 aliphatic heterocycles. The number of amidine groups is 1. The Hall–Kier alpha value is -3.31. The molecule has 35 heavy (non-hydrogen) atoms. The SMILES string of the molecule is N=C(Nc1ccc(SC(F)F)cc1)/C(=C\NC1(CN)CCC(Nc2cccc(O)c2)CC1)C(N)=O. The lowest BCUT2D eigenvalue weighted by Gasteiger charge is -2.40. The smallest absolute Gasteiger partial charge is 0.288 e. The molecule has 2 aromatic rings. The number of hydrogen-bond acceptors (Lipinski definition) is 7. The van der Waals surface area contributed by atoms with E-state index in [0.717, 1.165) is 31.4 Å². The molecular formula is C24H30F2N6O2S. The zero-order valence-electron chi connectivity index (χ0n) is 19.1. The van der Waals surface area contributed by atoms with Gasteiger partial charge in [0.25, 0.3) is 11.7 Å². The minimum Gasteiger partial charge on any atom is -0.508 e. The number of phenolic OH excluding ortho intramolecular Hbond substituents is 1. The average Bonchev–Trinajstić information content (AvgIpc) is 2.81. The summed E-state index contributed by atoms with van der Waals surface area (Å²) in [6.45, 7) is 0.332. The zero-order valence-corrected chi connectivity index (χ0v) is 19.9. The van der Waals surface area contributed by atoms with Crippen molar-refractivity contribution in [2.75, 3.05) is 17.2 Å². The molecule has 1 saturated carbocycles. The largest absolute Gasteiger partial charge is 0.508 e. The summed E-state index contributed by atoms with van der Waals surface area (Å²) >= 11 is 0.426. The van der Waals surface area contributed by atoms with E-state index in [1.54, 1.807) is 30.3 Å². The second-order valence-corrected chi connectivity index (χ2v) is 9.49. The van der Waals surface area contributed by atoms with E-state index in [4.69, 9.17) is 16.9 Å². The second-order valence-electron chi connectivity index (χ2n) is 8.42. The summed E-state index contributed by atoms with van der Waals surface area (Å²) in [5, 5.41) is 27.4. The first kappa shape index (κ1) is 26.3. The maximum absolute atomic E-state index is 12.5. The minimum atomic E-state index is -2.52. The van der Waals surface area contributed by atoms with E-state index in [2.05, 4.69) is 16.0 Å². The number of nitrogens with two attached hydrogens (primary N) is 2. The third-order valence-electron chi connectivity index (χ3n) is 5.96. The van der Waals surface area contributed by atoms with Gasteiger partial charge in [-0.15, -0.1) is 0 Å². The van der Waals surface area contributed by atoms with Gasteiger partial charge in [0.1, 0.15) is 11.6 Å². The predicted molar refractivity (Wildman–Crippen MR) is 136 cm³/mol. The van der Waals surface area contributed by atoms with Crippen LogP contribution in [0.5, 0.6) is 5.75 Å². The van der Waals surface area contributed by atoms with Gasteiger partial charge in [-0.3, -0.25) is 10.2 Å². The number of aromatic hydroxyl groups is 1. The van der Waals surface area contributed by atoms with Crippen molar-refractivity contribution >= 4 is 34.9 Å². The van der Waals surface area contributed by atoms with Crippen molar-refractivity contribution in [2.45, 2.75) is 47.9 Å². The highest BCUT2D eigenvalue weighted by atomic mass is 32.2. The summed E-state index contributed by atoms with van der Waals surface area (Å²) in [6.07, 6.45) is 4.52. The van der Waals surface area contributed by atoms with Crippen molar-refractivity contribution in [3.05, 3.63) is 60.3 Å². The number of halogens is 2. The fourth-order valence-corrected chi connectivity index (χ4v) is 4.48. The number of hydrogen-bond donors (Lipinski definition) is 7. The van der Waals surface area contributed by atoms with Crippen molar-refractivity contribution in [3.63, 3.8) is 0 Å². The van der Waals surface area contributed by atoms with Crippen LogP contribution in [-0.4, -0.2) is 40.7 Å². The molecule has 11 heteroatoms. The number of nitrogens with one attached hydrogen (secondary N) is 4. The molecule has 8 nitrogen and oxygen atoms in total. The van der Waals surface area contributed by atoms with E-state index >= 15 is 0 Å². The Morgan fingerprint density at radius 3 is 2.46 bits per heavy atom. The Bertz CT molecular complexity index is 1060. The highest BCUT2D eigenvalue weighted by Crippen LogP contribution is 2.30. The number of benzene rings is 2. The topological polar surface area (TPSA) is 149 Å². The maximum Gasteiger partial charge on any atom is 0.288 e. The molecule has 1 aliphatic carbocycles. The lowest BCUT2D eigenvalue weighted by molar-refractivity contribution is -0.114. The quantitative estimate of drug-likeness (QED) is 0.113. The van der Waals surface area contributed by atoms with Crippen LogP contribution in [0.2, 0.25) is 0 Å². The first-order valence-corrected chi connectivity index (χ1v) is 12.0. The molecule has 2 aromatic carbocycles. The molecule has 1 amide bonds. The number of amides is 1. The molecule has 0 aromatic heterocycles. The fraction of sp³-hybridized carbons (Fsp3) is 0.333. The molecule has 0 heterocycles. The normalized spacial score (nSPS) is 20.3. The summed E-state index contributed by atoms with van der Waals surface area (Å²) in [4.78, 5) is 12.4. The van der Waals surface area contributed by atoms with Crippen LogP contribution in [0.1, 0.15) is 25.7 Å². The summed E-state index contributed by atoms with van der Waals surface area (Å²) in [5.74, 6) is -3.32. The fourth-order valence-electron chi connectivity index (χ4n) is 3.98. The number of phenols is 1. The molecular weight excluding hydrogens is 474 g/mol. The Labute approximate surface area is 207 Å². The first-order valence-electron chi connectivity index (χ1n) is 11.1. The molecule has 0 atom stereocenters. The van der Waals surface area contributed by atoms with Crippen LogP contribution in [-0.2, 0) is 4.79 Å². The lowest BCUT2D eigenvalue weighted by atomic mass is 9.79. The number of rotatable bonds is 10. The highest BCUT2D eigenvalue weighted by molar-refractivity contribution is 7.99. The summed E-state index contributed by atoms with van der Waals surface area (Å²) in [7, 11) is 0. The van der Waals surface area contributed by atoms with Gasteiger partial charge in [0, 0.05) is 46.7 Å². The molecule has 1 fully saturated rings. The molecule has 0 saturated heterocycles. The van der Waals surface area contributed by atoms with Gasteiger partial charge in [0.15, 0.2) is 0 Å². The van der Waals surface area contributed by atoms with Crippen LogP contribution >= 0.6 is 11.8 Å². The number of alkyl halides is 2. The number of anilines is 2.